The number of carbonyl (C=O) groups excluding carboxylic acids is 1. The molecule has 0 spiro atoms. The van der Waals surface area contributed by atoms with Gasteiger partial charge in [0.15, 0.2) is 6.10 Å². The van der Waals surface area contributed by atoms with Crippen molar-refractivity contribution in [2.24, 2.45) is 5.92 Å². The Balaban J connectivity index is 1.63. The minimum absolute atomic E-state index is 0.0237. The fourth-order valence-electron chi connectivity index (χ4n) is 4.59. The first-order chi connectivity index (χ1) is 15.0. The van der Waals surface area contributed by atoms with Gasteiger partial charge in [-0.2, -0.15) is 0 Å². The zero-order valence-corrected chi connectivity index (χ0v) is 18.7. The molecule has 5 nitrogen and oxygen atoms in total. The van der Waals surface area contributed by atoms with Crippen LogP contribution in [0.25, 0.3) is 0 Å². The molecule has 2 atom stereocenters. The zero-order valence-electron chi connectivity index (χ0n) is 18.7. The van der Waals surface area contributed by atoms with Crippen molar-refractivity contribution >= 4 is 11.7 Å². The lowest BCUT2D eigenvalue weighted by Gasteiger charge is -2.44. The fraction of sp³-hybridized carbons (Fsp3) is 0.500. The third-order valence-corrected chi connectivity index (χ3v) is 6.39. The van der Waals surface area contributed by atoms with Crippen LogP contribution in [-0.4, -0.2) is 24.7 Å². The Bertz CT molecular complexity index is 890. The van der Waals surface area contributed by atoms with Crippen LogP contribution in [-0.2, 0) is 20.9 Å². The molecule has 0 saturated heterocycles. The summed E-state index contributed by atoms with van der Waals surface area (Å²) in [4.78, 5) is 13.1. The van der Waals surface area contributed by atoms with Crippen molar-refractivity contribution in [3.8, 4) is 5.75 Å². The predicted molar refractivity (Wildman–Crippen MR) is 121 cm³/mol. The van der Waals surface area contributed by atoms with Crippen LogP contribution < -0.4 is 10.1 Å². The summed E-state index contributed by atoms with van der Waals surface area (Å²) in [6.07, 6.45) is 4.24. The summed E-state index contributed by atoms with van der Waals surface area (Å²) >= 11 is 0. The molecule has 2 aromatic rings. The van der Waals surface area contributed by atoms with Crippen LogP contribution in [0.3, 0.4) is 0 Å². The lowest BCUT2D eigenvalue weighted by atomic mass is 9.86. The van der Waals surface area contributed by atoms with Crippen LogP contribution >= 0.6 is 0 Å². The Morgan fingerprint density at radius 2 is 1.84 bits per heavy atom. The SMILES string of the molecule is CNc1ccc2c(c1)C(OCc1ccccc1)C(OC(=O)C1CCCCC1)C(C)(C)O2. The third kappa shape index (κ3) is 4.87. The molecule has 166 valence electrons. The molecule has 31 heavy (non-hydrogen) atoms. The summed E-state index contributed by atoms with van der Waals surface area (Å²) in [5, 5.41) is 3.18. The lowest BCUT2D eigenvalue weighted by Crippen LogP contribution is -2.52. The van der Waals surface area contributed by atoms with Gasteiger partial charge in [-0.15, -0.1) is 0 Å². The molecule has 0 amide bonds. The Kier molecular flexibility index (Phi) is 6.51. The van der Waals surface area contributed by atoms with Gasteiger partial charge in [0.2, 0.25) is 0 Å². The molecule has 1 aliphatic carbocycles. The largest absolute Gasteiger partial charge is 0.483 e. The van der Waals surface area contributed by atoms with E-state index in [2.05, 4.69) is 5.32 Å². The first-order valence-electron chi connectivity index (χ1n) is 11.3. The van der Waals surface area contributed by atoms with Crippen LogP contribution in [0.4, 0.5) is 5.69 Å². The molecule has 0 radical (unpaired) electrons. The zero-order chi connectivity index (χ0) is 21.8. The van der Waals surface area contributed by atoms with Gasteiger partial charge in [-0.25, -0.2) is 0 Å². The maximum Gasteiger partial charge on any atom is 0.309 e. The van der Waals surface area contributed by atoms with E-state index in [1.807, 2.05) is 69.4 Å². The third-order valence-electron chi connectivity index (χ3n) is 6.39. The molecule has 2 aromatic carbocycles. The van der Waals surface area contributed by atoms with Crippen molar-refractivity contribution in [2.45, 2.75) is 70.4 Å². The lowest BCUT2D eigenvalue weighted by molar-refractivity contribution is -0.190. The highest BCUT2D eigenvalue weighted by molar-refractivity contribution is 5.73. The quantitative estimate of drug-likeness (QED) is 0.609. The topological polar surface area (TPSA) is 56.8 Å². The normalized spacial score (nSPS) is 22.8. The van der Waals surface area contributed by atoms with E-state index in [4.69, 9.17) is 14.2 Å². The molecule has 1 saturated carbocycles. The number of anilines is 1. The van der Waals surface area contributed by atoms with Crippen molar-refractivity contribution in [3.63, 3.8) is 0 Å². The minimum atomic E-state index is -0.708. The number of fused-ring (bicyclic) bond motifs is 1. The highest BCUT2D eigenvalue weighted by atomic mass is 16.6. The van der Waals surface area contributed by atoms with E-state index >= 15 is 0 Å². The molecular formula is C26H33NO4. The van der Waals surface area contributed by atoms with Gasteiger partial charge < -0.3 is 19.5 Å². The molecule has 1 N–H and O–H groups in total. The van der Waals surface area contributed by atoms with Crippen molar-refractivity contribution in [1.29, 1.82) is 0 Å². The molecule has 1 fully saturated rings. The summed E-state index contributed by atoms with van der Waals surface area (Å²) < 4.78 is 18.9. The first kappa shape index (κ1) is 21.7. The van der Waals surface area contributed by atoms with Gasteiger partial charge in [0, 0.05) is 18.3 Å². The van der Waals surface area contributed by atoms with Gasteiger partial charge in [-0.1, -0.05) is 49.6 Å². The molecule has 1 aliphatic heterocycles. The van der Waals surface area contributed by atoms with Crippen LogP contribution in [0.1, 0.15) is 63.2 Å². The number of hydrogen-bond donors (Lipinski definition) is 1. The number of hydrogen-bond acceptors (Lipinski definition) is 5. The second kappa shape index (κ2) is 9.31. The monoisotopic (exact) mass is 423 g/mol. The first-order valence-corrected chi connectivity index (χ1v) is 11.3. The average Bonchev–Trinajstić information content (AvgIpc) is 2.79. The predicted octanol–water partition coefficient (Wildman–Crippen LogP) is 5.65. The summed E-state index contributed by atoms with van der Waals surface area (Å²) in [5.41, 5.74) is 2.24. The summed E-state index contributed by atoms with van der Waals surface area (Å²) in [5.74, 6) is 0.624. The van der Waals surface area contributed by atoms with Crippen molar-refractivity contribution in [3.05, 3.63) is 59.7 Å². The molecular weight excluding hydrogens is 390 g/mol. The number of rotatable bonds is 6. The Hall–Kier alpha value is -2.53. The number of benzene rings is 2. The molecule has 1 heterocycles. The van der Waals surface area contributed by atoms with E-state index in [0.717, 1.165) is 48.2 Å². The minimum Gasteiger partial charge on any atom is -0.483 e. The van der Waals surface area contributed by atoms with E-state index in [9.17, 15) is 4.79 Å². The van der Waals surface area contributed by atoms with E-state index in [1.165, 1.54) is 6.42 Å². The summed E-state index contributed by atoms with van der Waals surface area (Å²) in [6, 6.07) is 16.0. The number of esters is 1. The van der Waals surface area contributed by atoms with Crippen LogP contribution in [0.2, 0.25) is 0 Å². The second-order valence-electron chi connectivity index (χ2n) is 9.12. The van der Waals surface area contributed by atoms with E-state index in [-0.39, 0.29) is 11.9 Å². The van der Waals surface area contributed by atoms with Gasteiger partial charge in [0.1, 0.15) is 17.5 Å². The average molecular weight is 424 g/mol. The molecule has 2 aliphatic rings. The number of nitrogens with one attached hydrogen (secondary N) is 1. The molecule has 5 heteroatoms. The van der Waals surface area contributed by atoms with Crippen LogP contribution in [0.5, 0.6) is 5.75 Å². The van der Waals surface area contributed by atoms with Crippen LogP contribution in [0.15, 0.2) is 48.5 Å². The van der Waals surface area contributed by atoms with Gasteiger partial charge in [-0.3, -0.25) is 4.79 Å². The Morgan fingerprint density at radius 3 is 2.55 bits per heavy atom. The summed E-state index contributed by atoms with van der Waals surface area (Å²) in [6.45, 7) is 4.38. The van der Waals surface area contributed by atoms with E-state index < -0.39 is 17.8 Å². The molecule has 0 bridgehead atoms. The van der Waals surface area contributed by atoms with Gasteiger partial charge in [-0.05, 0) is 50.5 Å². The van der Waals surface area contributed by atoms with Crippen molar-refractivity contribution in [2.75, 3.05) is 12.4 Å². The smallest absolute Gasteiger partial charge is 0.309 e. The van der Waals surface area contributed by atoms with E-state index in [0.29, 0.717) is 6.61 Å². The van der Waals surface area contributed by atoms with Gasteiger partial charge >= 0.3 is 5.97 Å². The maximum atomic E-state index is 13.1. The molecule has 2 unspecified atom stereocenters. The van der Waals surface area contributed by atoms with Gasteiger partial charge in [0.05, 0.1) is 12.5 Å². The summed E-state index contributed by atoms with van der Waals surface area (Å²) in [7, 11) is 1.88. The highest BCUT2D eigenvalue weighted by Gasteiger charge is 2.48. The Labute approximate surface area is 185 Å². The molecule has 4 rings (SSSR count). The standard InChI is InChI=1S/C26H33NO4/c1-26(2)24(30-25(28)19-12-8-5-9-13-19)23(29-17-18-10-6-4-7-11-18)21-16-20(27-3)14-15-22(21)31-26/h4,6-7,10-11,14-16,19,23-24,27H,5,8-9,12-13,17H2,1-3H3. The maximum absolute atomic E-state index is 13.1. The van der Waals surface area contributed by atoms with Crippen LogP contribution in [0, 0.1) is 5.92 Å². The molecule has 0 aromatic heterocycles. The number of ether oxygens (including phenoxy) is 3. The van der Waals surface area contributed by atoms with Crippen molar-refractivity contribution in [1.82, 2.24) is 0 Å². The van der Waals surface area contributed by atoms with E-state index in [1.54, 1.807) is 0 Å². The Morgan fingerprint density at radius 1 is 1.10 bits per heavy atom. The second-order valence-corrected chi connectivity index (χ2v) is 9.12. The highest BCUT2D eigenvalue weighted by Crippen LogP contribution is 2.45. The van der Waals surface area contributed by atoms with Gasteiger partial charge in [0.25, 0.3) is 0 Å². The fourth-order valence-corrected chi connectivity index (χ4v) is 4.59. The van der Waals surface area contributed by atoms with Crippen molar-refractivity contribution < 1.29 is 19.0 Å². The number of carbonyl (C=O) groups is 1.